The number of para-hydroxylation sites is 1. The Morgan fingerprint density at radius 3 is 2.67 bits per heavy atom. The number of nitriles is 1. The Bertz CT molecular complexity index is 647. The van der Waals surface area contributed by atoms with Crippen molar-refractivity contribution in [2.45, 2.75) is 13.5 Å². The fraction of sp³-hybridized carbons (Fsp3) is 0.235. The zero-order valence-corrected chi connectivity index (χ0v) is 12.2. The first kappa shape index (κ1) is 14.7. The van der Waals surface area contributed by atoms with Crippen molar-refractivity contribution in [1.29, 1.82) is 5.26 Å². The molecule has 4 nitrogen and oxygen atoms in total. The second-order valence-corrected chi connectivity index (χ2v) is 4.42. The lowest BCUT2D eigenvalue weighted by Crippen LogP contribution is -2.04. The highest BCUT2D eigenvalue weighted by Crippen LogP contribution is 2.27. The molecule has 0 unspecified atom stereocenters. The van der Waals surface area contributed by atoms with Gasteiger partial charge in [-0.2, -0.15) is 5.26 Å². The highest BCUT2D eigenvalue weighted by Gasteiger charge is 2.06. The van der Waals surface area contributed by atoms with E-state index in [2.05, 4.69) is 11.4 Å². The van der Waals surface area contributed by atoms with Crippen molar-refractivity contribution in [3.05, 3.63) is 53.6 Å². The number of anilines is 1. The molecule has 0 heterocycles. The summed E-state index contributed by atoms with van der Waals surface area (Å²) in [5.41, 5.74) is 2.50. The molecule has 0 aliphatic heterocycles. The standard InChI is InChI=1S/C17H18N2O2/c1-3-21-16-7-5-4-6-14(16)12-19-15-9-8-13(11-18)10-17(15)20-2/h4-10,19H,3,12H2,1-2H3. The van der Waals surface area contributed by atoms with Crippen LogP contribution in [0.4, 0.5) is 5.69 Å². The van der Waals surface area contributed by atoms with Gasteiger partial charge in [0.1, 0.15) is 11.5 Å². The molecular weight excluding hydrogens is 264 g/mol. The quantitative estimate of drug-likeness (QED) is 0.880. The largest absolute Gasteiger partial charge is 0.495 e. The van der Waals surface area contributed by atoms with Crippen LogP contribution in [0.5, 0.6) is 11.5 Å². The maximum Gasteiger partial charge on any atom is 0.143 e. The predicted octanol–water partition coefficient (Wildman–Crippen LogP) is 3.58. The molecule has 108 valence electrons. The third kappa shape index (κ3) is 3.67. The maximum atomic E-state index is 8.91. The van der Waals surface area contributed by atoms with Crippen molar-refractivity contribution >= 4 is 5.69 Å². The first-order valence-corrected chi connectivity index (χ1v) is 6.81. The Morgan fingerprint density at radius 1 is 1.14 bits per heavy atom. The molecule has 2 aromatic rings. The third-order valence-corrected chi connectivity index (χ3v) is 3.07. The molecule has 1 N–H and O–H groups in total. The molecule has 0 aliphatic carbocycles. The second-order valence-electron chi connectivity index (χ2n) is 4.42. The van der Waals surface area contributed by atoms with Gasteiger partial charge >= 0.3 is 0 Å². The number of rotatable bonds is 6. The monoisotopic (exact) mass is 282 g/mol. The van der Waals surface area contributed by atoms with Gasteiger partial charge in [0, 0.05) is 18.2 Å². The van der Waals surface area contributed by atoms with Gasteiger partial charge in [-0.1, -0.05) is 18.2 Å². The van der Waals surface area contributed by atoms with Gasteiger partial charge < -0.3 is 14.8 Å². The molecule has 21 heavy (non-hydrogen) atoms. The van der Waals surface area contributed by atoms with Crippen LogP contribution in [-0.4, -0.2) is 13.7 Å². The first-order valence-electron chi connectivity index (χ1n) is 6.81. The summed E-state index contributed by atoms with van der Waals surface area (Å²) < 4.78 is 10.9. The molecule has 4 heteroatoms. The molecule has 0 amide bonds. The highest BCUT2D eigenvalue weighted by atomic mass is 16.5. The summed E-state index contributed by atoms with van der Waals surface area (Å²) in [6, 6.07) is 15.3. The van der Waals surface area contributed by atoms with Crippen LogP contribution in [0.1, 0.15) is 18.1 Å². The normalized spacial score (nSPS) is 9.76. The Hall–Kier alpha value is -2.67. The van der Waals surface area contributed by atoms with Gasteiger partial charge in [-0.3, -0.25) is 0 Å². The van der Waals surface area contributed by atoms with E-state index in [9.17, 15) is 0 Å². The van der Waals surface area contributed by atoms with Crippen LogP contribution in [0.15, 0.2) is 42.5 Å². The Balaban J connectivity index is 2.15. The summed E-state index contributed by atoms with van der Waals surface area (Å²) >= 11 is 0. The van der Waals surface area contributed by atoms with Crippen molar-refractivity contribution in [3.8, 4) is 17.6 Å². The van der Waals surface area contributed by atoms with E-state index < -0.39 is 0 Å². The minimum absolute atomic E-state index is 0.576. The van der Waals surface area contributed by atoms with Crippen LogP contribution in [0.3, 0.4) is 0 Å². The molecule has 0 fully saturated rings. The van der Waals surface area contributed by atoms with Crippen LogP contribution in [-0.2, 0) is 6.54 Å². The fourth-order valence-corrected chi connectivity index (χ4v) is 2.04. The number of hydrogen-bond donors (Lipinski definition) is 1. The average Bonchev–Trinajstić information content (AvgIpc) is 2.54. The minimum Gasteiger partial charge on any atom is -0.495 e. The van der Waals surface area contributed by atoms with Crippen molar-refractivity contribution < 1.29 is 9.47 Å². The predicted molar refractivity (Wildman–Crippen MR) is 82.6 cm³/mol. The van der Waals surface area contributed by atoms with Crippen molar-refractivity contribution in [1.82, 2.24) is 0 Å². The van der Waals surface area contributed by atoms with Crippen LogP contribution < -0.4 is 14.8 Å². The van der Waals surface area contributed by atoms with E-state index in [-0.39, 0.29) is 0 Å². The molecule has 0 atom stereocenters. The topological polar surface area (TPSA) is 54.3 Å². The minimum atomic E-state index is 0.576. The van der Waals surface area contributed by atoms with Crippen molar-refractivity contribution in [3.63, 3.8) is 0 Å². The highest BCUT2D eigenvalue weighted by molar-refractivity contribution is 5.59. The second kappa shape index (κ2) is 7.20. The lowest BCUT2D eigenvalue weighted by Gasteiger charge is -2.14. The van der Waals surface area contributed by atoms with Crippen LogP contribution >= 0.6 is 0 Å². The molecule has 0 aromatic heterocycles. The van der Waals surface area contributed by atoms with Crippen LogP contribution in [0.2, 0.25) is 0 Å². The average molecular weight is 282 g/mol. The van der Waals surface area contributed by atoms with E-state index in [0.29, 0.717) is 24.5 Å². The van der Waals surface area contributed by atoms with E-state index in [1.807, 2.05) is 37.3 Å². The number of benzene rings is 2. The van der Waals surface area contributed by atoms with Gasteiger partial charge in [0.05, 0.1) is 31.0 Å². The lowest BCUT2D eigenvalue weighted by molar-refractivity contribution is 0.337. The molecule has 0 saturated heterocycles. The Morgan fingerprint density at radius 2 is 1.95 bits per heavy atom. The van der Waals surface area contributed by atoms with E-state index in [1.165, 1.54) is 0 Å². The molecule has 0 radical (unpaired) electrons. The van der Waals surface area contributed by atoms with Gasteiger partial charge in [-0.25, -0.2) is 0 Å². The summed E-state index contributed by atoms with van der Waals surface area (Å²) in [5, 5.41) is 12.2. The summed E-state index contributed by atoms with van der Waals surface area (Å²) in [4.78, 5) is 0. The van der Waals surface area contributed by atoms with Gasteiger partial charge in [-0.05, 0) is 25.1 Å². The van der Waals surface area contributed by atoms with Gasteiger partial charge in [0.15, 0.2) is 0 Å². The molecule has 0 bridgehead atoms. The summed E-state index contributed by atoms with van der Waals surface area (Å²) in [6.45, 7) is 3.23. The molecule has 2 rings (SSSR count). The number of hydrogen-bond acceptors (Lipinski definition) is 4. The van der Waals surface area contributed by atoms with E-state index >= 15 is 0 Å². The van der Waals surface area contributed by atoms with Crippen molar-refractivity contribution in [2.24, 2.45) is 0 Å². The molecular formula is C17H18N2O2. The Labute approximate surface area is 124 Å². The smallest absolute Gasteiger partial charge is 0.143 e. The third-order valence-electron chi connectivity index (χ3n) is 3.07. The zero-order chi connectivity index (χ0) is 15.1. The molecule has 0 aliphatic rings. The van der Waals surface area contributed by atoms with Gasteiger partial charge in [0.25, 0.3) is 0 Å². The van der Waals surface area contributed by atoms with E-state index in [0.717, 1.165) is 17.0 Å². The van der Waals surface area contributed by atoms with Gasteiger partial charge in [-0.15, -0.1) is 0 Å². The molecule has 0 spiro atoms. The number of methoxy groups -OCH3 is 1. The SMILES string of the molecule is CCOc1ccccc1CNc1ccc(C#N)cc1OC. The summed E-state index contributed by atoms with van der Waals surface area (Å²) in [5.74, 6) is 1.53. The summed E-state index contributed by atoms with van der Waals surface area (Å²) in [6.07, 6.45) is 0. The zero-order valence-electron chi connectivity index (χ0n) is 12.2. The fourth-order valence-electron chi connectivity index (χ4n) is 2.04. The van der Waals surface area contributed by atoms with Gasteiger partial charge in [0.2, 0.25) is 0 Å². The van der Waals surface area contributed by atoms with E-state index in [4.69, 9.17) is 14.7 Å². The van der Waals surface area contributed by atoms with Crippen LogP contribution in [0, 0.1) is 11.3 Å². The first-order chi connectivity index (χ1) is 10.3. The lowest BCUT2D eigenvalue weighted by atomic mass is 10.1. The van der Waals surface area contributed by atoms with Crippen molar-refractivity contribution in [2.75, 3.05) is 19.0 Å². The molecule has 2 aromatic carbocycles. The summed E-state index contributed by atoms with van der Waals surface area (Å²) in [7, 11) is 1.59. The maximum absolute atomic E-state index is 8.91. The van der Waals surface area contributed by atoms with E-state index in [1.54, 1.807) is 19.2 Å². The number of nitrogens with zero attached hydrogens (tertiary/aromatic N) is 1. The number of ether oxygens (including phenoxy) is 2. The van der Waals surface area contributed by atoms with Crippen LogP contribution in [0.25, 0.3) is 0 Å². The number of nitrogens with one attached hydrogen (secondary N) is 1. The molecule has 0 saturated carbocycles. The Kier molecular flexibility index (Phi) is 5.05.